The molecular weight excluding hydrogens is 238 g/mol. The second kappa shape index (κ2) is 5.14. The van der Waals surface area contributed by atoms with Gasteiger partial charge in [0.25, 0.3) is 0 Å². The van der Waals surface area contributed by atoms with Gasteiger partial charge >= 0.3 is 0 Å². The molecule has 0 fully saturated rings. The van der Waals surface area contributed by atoms with Crippen LogP contribution in [0.1, 0.15) is 17.2 Å². The first-order chi connectivity index (χ1) is 9.33. The smallest absolute Gasteiger partial charge is 0.188 e. The molecule has 0 unspecified atom stereocenters. The lowest BCUT2D eigenvalue weighted by Gasteiger charge is -2.03. The van der Waals surface area contributed by atoms with E-state index in [-0.39, 0.29) is 11.8 Å². The number of ether oxygens (including phenoxy) is 1. The minimum Gasteiger partial charge on any atom is -0.508 e. The standard InChI is InChI=1S/C16H15NO2/c18-15-9-5-4-8-13(15)10-16-17-14(11-19-16)12-6-2-1-3-7-12/h1-9,14,18H,10-11H2/t14-/m0/s1. The maximum atomic E-state index is 9.74. The van der Waals surface area contributed by atoms with Gasteiger partial charge in [0, 0.05) is 5.56 Å². The van der Waals surface area contributed by atoms with Crippen LogP contribution in [0.3, 0.4) is 0 Å². The average molecular weight is 253 g/mol. The van der Waals surface area contributed by atoms with E-state index in [9.17, 15) is 5.11 Å². The van der Waals surface area contributed by atoms with E-state index in [1.165, 1.54) is 0 Å². The fourth-order valence-electron chi connectivity index (χ4n) is 2.19. The normalized spacial score (nSPS) is 17.9. The molecule has 2 aromatic carbocycles. The van der Waals surface area contributed by atoms with Crippen molar-refractivity contribution in [3.8, 4) is 5.75 Å². The number of phenolic OH excluding ortho intramolecular Hbond substituents is 1. The van der Waals surface area contributed by atoms with Crippen molar-refractivity contribution >= 4 is 5.90 Å². The molecule has 0 amide bonds. The number of aromatic hydroxyl groups is 1. The Morgan fingerprint density at radius 1 is 1.05 bits per heavy atom. The number of hydrogen-bond donors (Lipinski definition) is 1. The summed E-state index contributed by atoms with van der Waals surface area (Å²) >= 11 is 0. The summed E-state index contributed by atoms with van der Waals surface area (Å²) in [6.45, 7) is 0.576. The molecule has 0 radical (unpaired) electrons. The van der Waals surface area contributed by atoms with Crippen molar-refractivity contribution < 1.29 is 9.84 Å². The van der Waals surface area contributed by atoms with E-state index in [4.69, 9.17) is 4.74 Å². The zero-order chi connectivity index (χ0) is 13.1. The molecule has 0 spiro atoms. The maximum Gasteiger partial charge on any atom is 0.188 e. The van der Waals surface area contributed by atoms with Crippen LogP contribution in [0.5, 0.6) is 5.75 Å². The zero-order valence-corrected chi connectivity index (χ0v) is 10.5. The van der Waals surface area contributed by atoms with Gasteiger partial charge in [-0.25, -0.2) is 4.99 Å². The van der Waals surface area contributed by atoms with Gasteiger partial charge in [-0.3, -0.25) is 0 Å². The molecule has 0 bridgehead atoms. The Morgan fingerprint density at radius 2 is 1.79 bits per heavy atom. The Kier molecular flexibility index (Phi) is 3.19. The quantitative estimate of drug-likeness (QED) is 0.913. The van der Waals surface area contributed by atoms with Crippen molar-refractivity contribution in [2.75, 3.05) is 6.61 Å². The summed E-state index contributed by atoms with van der Waals surface area (Å²) in [6, 6.07) is 17.5. The summed E-state index contributed by atoms with van der Waals surface area (Å²) in [7, 11) is 0. The van der Waals surface area contributed by atoms with Gasteiger partial charge in [-0.15, -0.1) is 0 Å². The lowest BCUT2D eigenvalue weighted by atomic mass is 10.1. The predicted octanol–water partition coefficient (Wildman–Crippen LogP) is 3.10. The summed E-state index contributed by atoms with van der Waals surface area (Å²) < 4.78 is 5.62. The third kappa shape index (κ3) is 2.60. The van der Waals surface area contributed by atoms with E-state index in [2.05, 4.69) is 17.1 Å². The van der Waals surface area contributed by atoms with E-state index in [1.807, 2.05) is 36.4 Å². The molecule has 0 saturated heterocycles. The Labute approximate surface area is 112 Å². The summed E-state index contributed by atoms with van der Waals surface area (Å²) in [5, 5.41) is 9.74. The van der Waals surface area contributed by atoms with Crippen molar-refractivity contribution in [3.05, 3.63) is 65.7 Å². The number of para-hydroxylation sites is 1. The number of nitrogens with zero attached hydrogens (tertiary/aromatic N) is 1. The van der Waals surface area contributed by atoms with Crippen LogP contribution in [0.2, 0.25) is 0 Å². The van der Waals surface area contributed by atoms with E-state index in [0.29, 0.717) is 18.9 Å². The zero-order valence-electron chi connectivity index (χ0n) is 10.5. The number of rotatable bonds is 3. The molecule has 0 aromatic heterocycles. The second-order valence-corrected chi connectivity index (χ2v) is 4.57. The minimum atomic E-state index is 0.0713. The summed E-state index contributed by atoms with van der Waals surface area (Å²) in [5.74, 6) is 0.979. The Balaban J connectivity index is 1.76. The van der Waals surface area contributed by atoms with Crippen LogP contribution in [0, 0.1) is 0 Å². The first-order valence-corrected chi connectivity index (χ1v) is 6.34. The van der Waals surface area contributed by atoms with Crippen molar-refractivity contribution in [3.63, 3.8) is 0 Å². The van der Waals surface area contributed by atoms with E-state index in [0.717, 1.165) is 11.1 Å². The van der Waals surface area contributed by atoms with Crippen LogP contribution in [-0.2, 0) is 11.2 Å². The maximum absolute atomic E-state index is 9.74. The van der Waals surface area contributed by atoms with E-state index in [1.54, 1.807) is 6.07 Å². The van der Waals surface area contributed by atoms with Crippen molar-refractivity contribution in [2.24, 2.45) is 4.99 Å². The molecule has 0 aliphatic carbocycles. The fourth-order valence-corrected chi connectivity index (χ4v) is 2.19. The SMILES string of the molecule is Oc1ccccc1CC1=N[C@H](c2ccccc2)CO1. The van der Waals surface area contributed by atoms with Crippen molar-refractivity contribution in [1.29, 1.82) is 0 Å². The Bertz CT molecular complexity index is 593. The second-order valence-electron chi connectivity index (χ2n) is 4.57. The van der Waals surface area contributed by atoms with E-state index < -0.39 is 0 Å². The molecule has 3 heteroatoms. The third-order valence-electron chi connectivity index (χ3n) is 3.23. The molecule has 3 nitrogen and oxygen atoms in total. The lowest BCUT2D eigenvalue weighted by molar-refractivity contribution is 0.313. The molecule has 19 heavy (non-hydrogen) atoms. The molecule has 0 saturated carbocycles. The molecular formula is C16H15NO2. The molecule has 1 aliphatic rings. The van der Waals surface area contributed by atoms with Gasteiger partial charge in [0.15, 0.2) is 5.90 Å². The van der Waals surface area contributed by atoms with Gasteiger partial charge in [-0.1, -0.05) is 48.5 Å². The summed E-state index contributed by atoms with van der Waals surface area (Å²) in [4.78, 5) is 4.58. The molecule has 96 valence electrons. The van der Waals surface area contributed by atoms with Crippen LogP contribution in [0.25, 0.3) is 0 Å². The van der Waals surface area contributed by atoms with Gasteiger partial charge in [-0.2, -0.15) is 0 Å². The van der Waals surface area contributed by atoms with Crippen LogP contribution in [0.15, 0.2) is 59.6 Å². The van der Waals surface area contributed by atoms with Crippen LogP contribution < -0.4 is 0 Å². The molecule has 1 N–H and O–H groups in total. The Hall–Kier alpha value is -2.29. The molecule has 2 aromatic rings. The average Bonchev–Trinajstić information content (AvgIpc) is 2.91. The van der Waals surface area contributed by atoms with Gasteiger partial charge in [0.1, 0.15) is 18.4 Å². The van der Waals surface area contributed by atoms with E-state index >= 15 is 0 Å². The largest absolute Gasteiger partial charge is 0.508 e. The highest BCUT2D eigenvalue weighted by atomic mass is 16.5. The molecule has 1 heterocycles. The first kappa shape index (κ1) is 11.8. The van der Waals surface area contributed by atoms with Gasteiger partial charge in [0.2, 0.25) is 0 Å². The monoisotopic (exact) mass is 253 g/mol. The fraction of sp³-hybridized carbons (Fsp3) is 0.188. The van der Waals surface area contributed by atoms with Crippen LogP contribution in [0.4, 0.5) is 0 Å². The molecule has 1 atom stereocenters. The van der Waals surface area contributed by atoms with Gasteiger partial charge in [-0.05, 0) is 11.6 Å². The summed E-state index contributed by atoms with van der Waals surface area (Å²) in [6.07, 6.45) is 0.538. The molecule has 3 rings (SSSR count). The highest BCUT2D eigenvalue weighted by Gasteiger charge is 2.20. The molecule has 1 aliphatic heterocycles. The third-order valence-corrected chi connectivity index (χ3v) is 3.23. The van der Waals surface area contributed by atoms with Crippen molar-refractivity contribution in [2.45, 2.75) is 12.5 Å². The number of aliphatic imine (C=N–C) groups is 1. The number of phenols is 1. The Morgan fingerprint density at radius 3 is 2.58 bits per heavy atom. The highest BCUT2D eigenvalue weighted by molar-refractivity contribution is 5.81. The number of benzene rings is 2. The lowest BCUT2D eigenvalue weighted by Crippen LogP contribution is -2.03. The predicted molar refractivity (Wildman–Crippen MR) is 74.4 cm³/mol. The van der Waals surface area contributed by atoms with Gasteiger partial charge < -0.3 is 9.84 Å². The van der Waals surface area contributed by atoms with Gasteiger partial charge in [0.05, 0.1) is 6.42 Å². The van der Waals surface area contributed by atoms with Crippen LogP contribution >= 0.6 is 0 Å². The summed E-state index contributed by atoms with van der Waals surface area (Å²) in [5.41, 5.74) is 2.00. The highest BCUT2D eigenvalue weighted by Crippen LogP contribution is 2.25. The van der Waals surface area contributed by atoms with Crippen LogP contribution in [-0.4, -0.2) is 17.6 Å². The number of hydrogen-bond acceptors (Lipinski definition) is 3. The minimum absolute atomic E-state index is 0.0713. The topological polar surface area (TPSA) is 41.8 Å². The first-order valence-electron chi connectivity index (χ1n) is 6.34. The van der Waals surface area contributed by atoms with Crippen molar-refractivity contribution in [1.82, 2.24) is 0 Å².